The Labute approximate surface area is 158 Å². The predicted molar refractivity (Wildman–Crippen MR) is 105 cm³/mol. The minimum Gasteiger partial charge on any atom is -0.496 e. The van der Waals surface area contributed by atoms with Gasteiger partial charge in [0.25, 0.3) is 15.9 Å². The number of rotatable bonds is 7. The number of carbonyl (C=O) groups excluding carboxylic acids is 1. The van der Waals surface area contributed by atoms with Crippen LogP contribution in [-0.2, 0) is 10.0 Å². The molecule has 0 aliphatic rings. The third-order valence-corrected chi connectivity index (χ3v) is 5.57. The molecular formula is C18H22N2O4S2. The Balaban J connectivity index is 2.38. The minimum absolute atomic E-state index is 0.0123. The van der Waals surface area contributed by atoms with Gasteiger partial charge in [-0.1, -0.05) is 6.07 Å². The molecule has 0 heterocycles. The van der Waals surface area contributed by atoms with Gasteiger partial charge in [-0.15, -0.1) is 11.8 Å². The van der Waals surface area contributed by atoms with Crippen LogP contribution in [0.3, 0.4) is 0 Å². The second-order valence-corrected chi connectivity index (χ2v) is 8.39. The summed E-state index contributed by atoms with van der Waals surface area (Å²) in [6, 6.07) is 11.2. The van der Waals surface area contributed by atoms with Crippen molar-refractivity contribution in [2.75, 3.05) is 18.1 Å². The second-order valence-electron chi connectivity index (χ2n) is 5.83. The Hall–Kier alpha value is -2.19. The molecule has 0 radical (unpaired) electrons. The molecule has 0 atom stereocenters. The molecule has 0 bridgehead atoms. The normalized spacial score (nSPS) is 11.3. The van der Waals surface area contributed by atoms with Crippen LogP contribution in [0.2, 0.25) is 0 Å². The van der Waals surface area contributed by atoms with Crippen molar-refractivity contribution >= 4 is 33.4 Å². The van der Waals surface area contributed by atoms with Gasteiger partial charge in [-0.05, 0) is 56.5 Å². The van der Waals surface area contributed by atoms with Crippen molar-refractivity contribution in [2.45, 2.75) is 29.7 Å². The van der Waals surface area contributed by atoms with Crippen LogP contribution < -0.4 is 14.8 Å². The fourth-order valence-electron chi connectivity index (χ4n) is 2.27. The zero-order valence-corrected chi connectivity index (χ0v) is 16.7. The summed E-state index contributed by atoms with van der Waals surface area (Å²) in [5, 5.41) is 2.74. The first kappa shape index (κ1) is 20.1. The summed E-state index contributed by atoms with van der Waals surface area (Å²) in [7, 11) is -2.41. The molecule has 26 heavy (non-hydrogen) atoms. The van der Waals surface area contributed by atoms with Crippen LogP contribution in [0.4, 0.5) is 5.69 Å². The number of benzene rings is 2. The molecular weight excluding hydrogens is 372 g/mol. The Kier molecular flexibility index (Phi) is 6.55. The van der Waals surface area contributed by atoms with E-state index in [0.717, 1.165) is 4.90 Å². The van der Waals surface area contributed by atoms with Gasteiger partial charge in [0.1, 0.15) is 5.75 Å². The smallest absolute Gasteiger partial charge is 0.261 e. The monoisotopic (exact) mass is 394 g/mol. The SMILES string of the molecule is COc1ccc(S(=O)(=O)Nc2cccc(SC)c2)cc1C(=O)NC(C)C. The minimum atomic E-state index is -3.84. The van der Waals surface area contributed by atoms with E-state index in [9.17, 15) is 13.2 Å². The molecule has 2 rings (SSSR count). The second kappa shape index (κ2) is 8.46. The summed E-state index contributed by atoms with van der Waals surface area (Å²) >= 11 is 1.52. The molecule has 0 unspecified atom stereocenters. The number of amides is 1. The summed E-state index contributed by atoms with van der Waals surface area (Å²) < 4.78 is 33.1. The van der Waals surface area contributed by atoms with E-state index in [1.807, 2.05) is 26.2 Å². The Morgan fingerprint density at radius 1 is 1.15 bits per heavy atom. The van der Waals surface area contributed by atoms with Crippen molar-refractivity contribution in [1.29, 1.82) is 0 Å². The number of ether oxygens (including phenoxy) is 1. The number of thioether (sulfide) groups is 1. The lowest BCUT2D eigenvalue weighted by molar-refractivity contribution is 0.0940. The molecule has 2 aromatic rings. The van der Waals surface area contributed by atoms with Crippen LogP contribution in [0.1, 0.15) is 24.2 Å². The summed E-state index contributed by atoms with van der Waals surface area (Å²) in [6.07, 6.45) is 1.91. The van der Waals surface area contributed by atoms with Gasteiger partial charge in [-0.25, -0.2) is 8.42 Å². The Bertz CT molecular complexity index is 896. The fourth-order valence-corrected chi connectivity index (χ4v) is 3.81. The van der Waals surface area contributed by atoms with Crippen molar-refractivity contribution in [2.24, 2.45) is 0 Å². The quantitative estimate of drug-likeness (QED) is 0.704. The molecule has 0 aliphatic heterocycles. The third-order valence-electron chi connectivity index (χ3n) is 3.47. The number of hydrogen-bond donors (Lipinski definition) is 2. The lowest BCUT2D eigenvalue weighted by Gasteiger charge is -2.14. The van der Waals surface area contributed by atoms with Crippen LogP contribution in [-0.4, -0.2) is 33.7 Å². The summed E-state index contributed by atoms with van der Waals surface area (Å²) in [5.41, 5.74) is 0.628. The molecule has 0 saturated carbocycles. The standard InChI is InChI=1S/C18H22N2O4S2/c1-12(2)19-18(21)16-11-15(8-9-17(16)24-3)26(22,23)20-13-6-5-7-14(10-13)25-4/h5-12,20H,1-4H3,(H,19,21). The first-order valence-electron chi connectivity index (χ1n) is 7.92. The molecule has 0 saturated heterocycles. The molecule has 2 aromatic carbocycles. The van der Waals surface area contributed by atoms with Gasteiger partial charge in [0, 0.05) is 16.6 Å². The van der Waals surface area contributed by atoms with E-state index < -0.39 is 15.9 Å². The van der Waals surface area contributed by atoms with Gasteiger partial charge in [0.05, 0.1) is 17.6 Å². The number of anilines is 1. The average molecular weight is 395 g/mol. The molecule has 0 aromatic heterocycles. The maximum Gasteiger partial charge on any atom is 0.261 e. The number of sulfonamides is 1. The van der Waals surface area contributed by atoms with E-state index in [1.165, 1.54) is 37.1 Å². The molecule has 8 heteroatoms. The van der Waals surface area contributed by atoms with Crippen molar-refractivity contribution in [3.05, 3.63) is 48.0 Å². The summed E-state index contributed by atoms with van der Waals surface area (Å²) in [6.45, 7) is 3.65. The van der Waals surface area contributed by atoms with Crippen LogP contribution >= 0.6 is 11.8 Å². The first-order valence-corrected chi connectivity index (χ1v) is 10.6. The maximum atomic E-state index is 12.7. The van der Waals surface area contributed by atoms with Gasteiger partial charge < -0.3 is 10.1 Å². The van der Waals surface area contributed by atoms with Gasteiger partial charge >= 0.3 is 0 Å². The van der Waals surface area contributed by atoms with E-state index in [1.54, 1.807) is 18.2 Å². The van der Waals surface area contributed by atoms with E-state index >= 15 is 0 Å². The lowest BCUT2D eigenvalue weighted by Crippen LogP contribution is -2.30. The van der Waals surface area contributed by atoms with Gasteiger partial charge in [-0.3, -0.25) is 9.52 Å². The molecule has 140 valence electrons. The summed E-state index contributed by atoms with van der Waals surface area (Å²) in [4.78, 5) is 13.3. The van der Waals surface area contributed by atoms with E-state index in [4.69, 9.17) is 4.74 Å². The van der Waals surface area contributed by atoms with E-state index in [-0.39, 0.29) is 16.5 Å². The van der Waals surface area contributed by atoms with E-state index in [2.05, 4.69) is 10.0 Å². The highest BCUT2D eigenvalue weighted by Crippen LogP contribution is 2.25. The molecule has 0 fully saturated rings. The van der Waals surface area contributed by atoms with Crippen molar-refractivity contribution in [3.8, 4) is 5.75 Å². The molecule has 1 amide bonds. The molecule has 0 aliphatic carbocycles. The lowest BCUT2D eigenvalue weighted by atomic mass is 10.2. The van der Waals surface area contributed by atoms with Crippen LogP contribution in [0.15, 0.2) is 52.3 Å². The summed E-state index contributed by atoms with van der Waals surface area (Å²) in [5.74, 6) is -0.0789. The number of hydrogen-bond acceptors (Lipinski definition) is 5. The zero-order valence-electron chi connectivity index (χ0n) is 15.1. The highest BCUT2D eigenvalue weighted by Gasteiger charge is 2.20. The molecule has 6 nitrogen and oxygen atoms in total. The molecule has 0 spiro atoms. The maximum absolute atomic E-state index is 12.7. The number of methoxy groups -OCH3 is 1. The van der Waals surface area contributed by atoms with Crippen LogP contribution in [0.25, 0.3) is 0 Å². The Morgan fingerprint density at radius 2 is 1.88 bits per heavy atom. The largest absolute Gasteiger partial charge is 0.496 e. The van der Waals surface area contributed by atoms with Gasteiger partial charge in [0.2, 0.25) is 0 Å². The predicted octanol–water partition coefficient (Wildman–Crippen LogP) is 3.36. The third kappa shape index (κ3) is 4.92. The van der Waals surface area contributed by atoms with E-state index in [0.29, 0.717) is 11.4 Å². The highest BCUT2D eigenvalue weighted by atomic mass is 32.2. The topological polar surface area (TPSA) is 84.5 Å². The van der Waals surface area contributed by atoms with Crippen molar-refractivity contribution in [3.63, 3.8) is 0 Å². The average Bonchev–Trinajstić information content (AvgIpc) is 2.60. The van der Waals surface area contributed by atoms with Crippen LogP contribution in [0, 0.1) is 0 Å². The zero-order chi connectivity index (χ0) is 19.3. The van der Waals surface area contributed by atoms with Gasteiger partial charge in [-0.2, -0.15) is 0 Å². The van der Waals surface area contributed by atoms with Crippen molar-refractivity contribution in [1.82, 2.24) is 5.32 Å². The molecule has 2 N–H and O–H groups in total. The Morgan fingerprint density at radius 3 is 2.50 bits per heavy atom. The number of carbonyl (C=O) groups is 1. The van der Waals surface area contributed by atoms with Crippen molar-refractivity contribution < 1.29 is 17.9 Å². The van der Waals surface area contributed by atoms with Crippen LogP contribution in [0.5, 0.6) is 5.75 Å². The fraction of sp³-hybridized carbons (Fsp3) is 0.278. The first-order chi connectivity index (χ1) is 12.3. The number of nitrogens with one attached hydrogen (secondary N) is 2. The highest BCUT2D eigenvalue weighted by molar-refractivity contribution is 7.98. The van der Waals surface area contributed by atoms with Gasteiger partial charge in [0.15, 0.2) is 0 Å².